The molecule has 4 rings (SSSR count). The van der Waals surface area contributed by atoms with Crippen molar-refractivity contribution in [3.8, 4) is 16.9 Å². The van der Waals surface area contributed by atoms with E-state index >= 15 is 0 Å². The van der Waals surface area contributed by atoms with E-state index in [4.69, 9.17) is 0 Å². The van der Waals surface area contributed by atoms with Gasteiger partial charge in [-0.05, 0) is 50.1 Å². The zero-order valence-corrected chi connectivity index (χ0v) is 16.7. The standard InChI is InChI=1S/C22H20FN5O3/c1-13-3-2-4-14(11-13)19-18(12-28(27-19)17-9-5-15(23)6-10-17)20(29)25-26-22(31)21(30)24-16-7-8-16/h2-6,9-12,16H,7-8H2,1H3,(H,24,30)(H,25,29)(H,26,31). The second kappa shape index (κ2) is 8.39. The van der Waals surface area contributed by atoms with Gasteiger partial charge in [0.1, 0.15) is 11.5 Å². The molecule has 31 heavy (non-hydrogen) atoms. The molecule has 0 radical (unpaired) electrons. The Morgan fingerprint density at radius 3 is 2.45 bits per heavy atom. The lowest BCUT2D eigenvalue weighted by molar-refractivity contribution is -0.139. The SMILES string of the molecule is Cc1cccc(-c2nn(-c3ccc(F)cc3)cc2C(=O)NNC(=O)C(=O)NC2CC2)c1. The van der Waals surface area contributed by atoms with E-state index in [1.807, 2.05) is 31.2 Å². The van der Waals surface area contributed by atoms with Gasteiger partial charge in [0.05, 0.1) is 11.3 Å². The van der Waals surface area contributed by atoms with E-state index in [1.165, 1.54) is 35.1 Å². The minimum Gasteiger partial charge on any atom is -0.345 e. The molecule has 1 aliphatic rings. The normalized spacial score (nSPS) is 12.8. The molecule has 0 spiro atoms. The van der Waals surface area contributed by atoms with Crippen molar-refractivity contribution >= 4 is 17.7 Å². The summed E-state index contributed by atoms with van der Waals surface area (Å²) in [5, 5.41) is 7.04. The van der Waals surface area contributed by atoms with Gasteiger partial charge in [-0.25, -0.2) is 9.07 Å². The Bertz CT molecular complexity index is 1150. The Morgan fingerprint density at radius 2 is 1.77 bits per heavy atom. The van der Waals surface area contributed by atoms with E-state index in [1.54, 1.807) is 0 Å². The number of hydrazine groups is 1. The van der Waals surface area contributed by atoms with E-state index in [0.717, 1.165) is 18.4 Å². The van der Waals surface area contributed by atoms with Gasteiger partial charge >= 0.3 is 11.8 Å². The van der Waals surface area contributed by atoms with Crippen molar-refractivity contribution < 1.29 is 18.8 Å². The first kappa shape index (κ1) is 20.3. The van der Waals surface area contributed by atoms with Crippen LogP contribution in [0.5, 0.6) is 0 Å². The lowest BCUT2D eigenvalue weighted by Crippen LogP contribution is -2.49. The van der Waals surface area contributed by atoms with Crippen molar-refractivity contribution in [2.75, 3.05) is 0 Å². The van der Waals surface area contributed by atoms with Gasteiger partial charge in [0.25, 0.3) is 5.91 Å². The molecule has 0 unspecified atom stereocenters. The Kier molecular flexibility index (Phi) is 5.48. The summed E-state index contributed by atoms with van der Waals surface area (Å²) < 4.78 is 14.7. The smallest absolute Gasteiger partial charge is 0.327 e. The predicted molar refractivity (Wildman–Crippen MR) is 110 cm³/mol. The fourth-order valence-electron chi connectivity index (χ4n) is 2.99. The van der Waals surface area contributed by atoms with Crippen LogP contribution in [0.2, 0.25) is 0 Å². The number of amides is 3. The molecular weight excluding hydrogens is 401 g/mol. The van der Waals surface area contributed by atoms with Crippen LogP contribution in [0.3, 0.4) is 0 Å². The van der Waals surface area contributed by atoms with E-state index < -0.39 is 17.7 Å². The van der Waals surface area contributed by atoms with Gasteiger partial charge < -0.3 is 5.32 Å². The first-order valence-electron chi connectivity index (χ1n) is 9.74. The Labute approximate surface area is 177 Å². The maximum absolute atomic E-state index is 13.3. The van der Waals surface area contributed by atoms with Gasteiger partial charge in [0.15, 0.2) is 0 Å². The number of halogens is 1. The molecular formula is C22H20FN5O3. The third kappa shape index (κ3) is 4.77. The fourth-order valence-corrected chi connectivity index (χ4v) is 2.99. The molecule has 0 aliphatic heterocycles. The van der Waals surface area contributed by atoms with Crippen molar-refractivity contribution in [3.63, 3.8) is 0 Å². The minimum absolute atomic E-state index is 0.0239. The molecule has 158 valence electrons. The number of nitrogens with zero attached hydrogens (tertiary/aromatic N) is 2. The number of nitrogens with one attached hydrogen (secondary N) is 3. The molecule has 1 fully saturated rings. The third-order valence-electron chi connectivity index (χ3n) is 4.75. The zero-order chi connectivity index (χ0) is 22.0. The lowest BCUT2D eigenvalue weighted by Gasteiger charge is -2.07. The highest BCUT2D eigenvalue weighted by Gasteiger charge is 2.27. The summed E-state index contributed by atoms with van der Waals surface area (Å²) in [6.45, 7) is 1.92. The monoisotopic (exact) mass is 421 g/mol. The number of rotatable bonds is 4. The quantitative estimate of drug-likeness (QED) is 0.443. The van der Waals surface area contributed by atoms with Crippen molar-refractivity contribution in [1.29, 1.82) is 0 Å². The van der Waals surface area contributed by atoms with Gasteiger partial charge in [-0.3, -0.25) is 25.2 Å². The maximum Gasteiger partial charge on any atom is 0.327 e. The van der Waals surface area contributed by atoms with Crippen LogP contribution in [0.1, 0.15) is 28.8 Å². The average Bonchev–Trinajstić information content (AvgIpc) is 3.46. The van der Waals surface area contributed by atoms with Gasteiger partial charge in [0, 0.05) is 17.8 Å². The summed E-state index contributed by atoms with van der Waals surface area (Å²) in [6, 6.07) is 13.1. The number of benzene rings is 2. The highest BCUT2D eigenvalue weighted by Crippen LogP contribution is 2.25. The van der Waals surface area contributed by atoms with Crippen LogP contribution in [0.25, 0.3) is 16.9 Å². The summed E-state index contributed by atoms with van der Waals surface area (Å²) in [6.07, 6.45) is 3.16. The summed E-state index contributed by atoms with van der Waals surface area (Å²) in [4.78, 5) is 36.5. The van der Waals surface area contributed by atoms with Gasteiger partial charge in [-0.2, -0.15) is 5.10 Å². The molecule has 3 amide bonds. The summed E-state index contributed by atoms with van der Waals surface area (Å²) >= 11 is 0. The molecule has 1 aromatic heterocycles. The van der Waals surface area contributed by atoms with Crippen LogP contribution in [0, 0.1) is 12.7 Å². The minimum atomic E-state index is -0.955. The Hall–Kier alpha value is -4.01. The molecule has 3 N–H and O–H groups in total. The van der Waals surface area contributed by atoms with Crippen molar-refractivity contribution in [3.05, 3.63) is 71.7 Å². The van der Waals surface area contributed by atoms with E-state index in [0.29, 0.717) is 16.9 Å². The molecule has 0 bridgehead atoms. The van der Waals surface area contributed by atoms with Crippen LogP contribution in [0.15, 0.2) is 54.7 Å². The number of aryl methyl sites for hydroxylation is 1. The molecule has 3 aromatic rings. The largest absolute Gasteiger partial charge is 0.345 e. The molecule has 1 saturated carbocycles. The third-order valence-corrected chi connectivity index (χ3v) is 4.75. The molecule has 0 atom stereocenters. The zero-order valence-electron chi connectivity index (χ0n) is 16.7. The van der Waals surface area contributed by atoms with E-state index in [-0.39, 0.29) is 17.4 Å². The van der Waals surface area contributed by atoms with Crippen molar-refractivity contribution in [1.82, 2.24) is 25.9 Å². The highest BCUT2D eigenvalue weighted by molar-refractivity contribution is 6.35. The molecule has 1 aliphatic carbocycles. The number of hydrogen-bond donors (Lipinski definition) is 3. The number of hydrogen-bond acceptors (Lipinski definition) is 4. The Balaban J connectivity index is 1.59. The summed E-state index contributed by atoms with van der Waals surface area (Å²) in [7, 11) is 0. The van der Waals surface area contributed by atoms with E-state index in [9.17, 15) is 18.8 Å². The van der Waals surface area contributed by atoms with Crippen LogP contribution < -0.4 is 16.2 Å². The summed E-state index contributed by atoms with van der Waals surface area (Å²) in [5.74, 6) is -2.79. The molecule has 0 saturated heterocycles. The van der Waals surface area contributed by atoms with Crippen LogP contribution in [0.4, 0.5) is 4.39 Å². The van der Waals surface area contributed by atoms with E-state index in [2.05, 4.69) is 21.3 Å². The molecule has 2 aromatic carbocycles. The Morgan fingerprint density at radius 1 is 1.03 bits per heavy atom. The first-order chi connectivity index (χ1) is 14.9. The fraction of sp³-hybridized carbons (Fsp3) is 0.182. The van der Waals surface area contributed by atoms with Crippen molar-refractivity contribution in [2.24, 2.45) is 0 Å². The predicted octanol–water partition coefficient (Wildman–Crippen LogP) is 2.03. The maximum atomic E-state index is 13.3. The second-order valence-corrected chi connectivity index (χ2v) is 7.34. The summed E-state index contributed by atoms with van der Waals surface area (Å²) in [5.41, 5.74) is 7.17. The average molecular weight is 421 g/mol. The number of carbonyl (C=O) groups excluding carboxylic acids is 3. The van der Waals surface area contributed by atoms with Gasteiger partial charge in [-0.15, -0.1) is 0 Å². The number of carbonyl (C=O) groups is 3. The van der Waals surface area contributed by atoms with Crippen LogP contribution in [-0.2, 0) is 9.59 Å². The van der Waals surface area contributed by atoms with Crippen molar-refractivity contribution in [2.45, 2.75) is 25.8 Å². The molecule has 9 heteroatoms. The topological polar surface area (TPSA) is 105 Å². The molecule has 1 heterocycles. The number of aromatic nitrogens is 2. The van der Waals surface area contributed by atoms with Gasteiger partial charge in [-0.1, -0.05) is 23.8 Å². The van der Waals surface area contributed by atoms with Crippen LogP contribution in [-0.4, -0.2) is 33.5 Å². The van der Waals surface area contributed by atoms with Crippen LogP contribution >= 0.6 is 0 Å². The van der Waals surface area contributed by atoms with Gasteiger partial charge in [0.2, 0.25) is 0 Å². The lowest BCUT2D eigenvalue weighted by atomic mass is 10.1. The second-order valence-electron chi connectivity index (χ2n) is 7.34. The first-order valence-corrected chi connectivity index (χ1v) is 9.74. The molecule has 8 nitrogen and oxygen atoms in total. The highest BCUT2D eigenvalue weighted by atomic mass is 19.1.